The van der Waals surface area contributed by atoms with Crippen LogP contribution in [0.25, 0.3) is 16.6 Å². The predicted octanol–water partition coefficient (Wildman–Crippen LogP) is 1.39. The quantitative estimate of drug-likeness (QED) is 0.517. The minimum atomic E-state index is -0.539. The number of rotatable bonds is 1. The van der Waals surface area contributed by atoms with E-state index in [1.807, 2.05) is 0 Å². The van der Waals surface area contributed by atoms with Gasteiger partial charge in [-0.3, -0.25) is 20.0 Å². The third-order valence-electron chi connectivity index (χ3n) is 2.80. The van der Waals surface area contributed by atoms with Gasteiger partial charge in [-0.25, -0.2) is 4.98 Å². The summed E-state index contributed by atoms with van der Waals surface area (Å²) < 4.78 is 1.11. The van der Waals surface area contributed by atoms with Gasteiger partial charge in [0.25, 0.3) is 5.56 Å². The maximum Gasteiger partial charge on any atom is 0.333 e. The first-order valence-electron chi connectivity index (χ1n) is 5.24. The summed E-state index contributed by atoms with van der Waals surface area (Å²) in [6.45, 7) is 1.54. The summed E-state index contributed by atoms with van der Waals surface area (Å²) in [5.41, 5.74) is 0.287. The molecule has 0 fully saturated rings. The second-order valence-corrected chi connectivity index (χ2v) is 3.94. The zero-order valence-corrected chi connectivity index (χ0v) is 9.38. The predicted molar refractivity (Wildman–Crippen MR) is 64.7 cm³/mol. The Bertz CT molecular complexity index is 846. The van der Waals surface area contributed by atoms with Gasteiger partial charge in [0.15, 0.2) is 0 Å². The number of nitro groups is 1. The molecule has 0 radical (unpaired) electrons. The maximum atomic E-state index is 12.1. The van der Waals surface area contributed by atoms with Crippen LogP contribution in [0.3, 0.4) is 0 Å². The summed E-state index contributed by atoms with van der Waals surface area (Å²) in [4.78, 5) is 26.8. The fourth-order valence-electron chi connectivity index (χ4n) is 2.00. The van der Waals surface area contributed by atoms with Crippen molar-refractivity contribution in [2.75, 3.05) is 0 Å². The van der Waals surface area contributed by atoms with Crippen molar-refractivity contribution < 1.29 is 4.92 Å². The van der Waals surface area contributed by atoms with Crippen LogP contribution < -0.4 is 5.56 Å². The number of aromatic nitrogens is 3. The first kappa shape index (κ1) is 10.5. The number of para-hydroxylation sites is 1. The van der Waals surface area contributed by atoms with Crippen molar-refractivity contribution in [1.82, 2.24) is 14.6 Å². The molecule has 0 saturated carbocycles. The molecule has 0 saturated heterocycles. The van der Waals surface area contributed by atoms with Gasteiger partial charge >= 0.3 is 5.69 Å². The van der Waals surface area contributed by atoms with Crippen LogP contribution in [0.2, 0.25) is 0 Å². The average molecular weight is 244 g/mol. The summed E-state index contributed by atoms with van der Waals surface area (Å²) in [6.07, 6.45) is 0. The van der Waals surface area contributed by atoms with Gasteiger partial charge in [0, 0.05) is 0 Å². The Hall–Kier alpha value is -2.70. The first-order valence-corrected chi connectivity index (χ1v) is 5.24. The molecule has 0 aliphatic heterocycles. The molecule has 18 heavy (non-hydrogen) atoms. The van der Waals surface area contributed by atoms with E-state index in [0.717, 1.165) is 4.52 Å². The van der Waals surface area contributed by atoms with Crippen molar-refractivity contribution in [2.45, 2.75) is 6.92 Å². The van der Waals surface area contributed by atoms with Gasteiger partial charge in [-0.05, 0) is 19.1 Å². The minimum absolute atomic E-state index is 0.0428. The molecule has 1 aromatic carbocycles. The van der Waals surface area contributed by atoms with Crippen LogP contribution in [0.4, 0.5) is 5.69 Å². The topological polar surface area (TPSA) is 93.3 Å². The molecular weight excluding hydrogens is 236 g/mol. The highest BCUT2D eigenvalue weighted by Crippen LogP contribution is 2.22. The number of nitrogens with one attached hydrogen (secondary N) is 1. The molecule has 7 heteroatoms. The van der Waals surface area contributed by atoms with Gasteiger partial charge < -0.3 is 0 Å². The molecular formula is C11H8N4O3. The third kappa shape index (κ3) is 1.24. The van der Waals surface area contributed by atoms with Gasteiger partial charge in [-0.15, -0.1) is 0 Å². The van der Waals surface area contributed by atoms with Crippen LogP contribution in [0.15, 0.2) is 29.1 Å². The van der Waals surface area contributed by atoms with Gasteiger partial charge in [-0.1, -0.05) is 12.1 Å². The monoisotopic (exact) mass is 244 g/mol. The molecule has 2 heterocycles. The molecule has 0 atom stereocenters. The highest BCUT2D eigenvalue weighted by atomic mass is 16.6. The molecule has 3 aromatic rings. The van der Waals surface area contributed by atoms with E-state index in [1.165, 1.54) is 6.92 Å². The van der Waals surface area contributed by atoms with Crippen molar-refractivity contribution in [2.24, 2.45) is 0 Å². The number of hydrogen-bond donors (Lipinski definition) is 1. The van der Waals surface area contributed by atoms with Crippen LogP contribution in [-0.4, -0.2) is 19.5 Å². The van der Waals surface area contributed by atoms with Gasteiger partial charge in [0.2, 0.25) is 5.65 Å². The summed E-state index contributed by atoms with van der Waals surface area (Å²) in [7, 11) is 0. The Balaban J connectivity index is 2.60. The number of aromatic amines is 1. The number of fused-ring (bicyclic) bond motifs is 2. The van der Waals surface area contributed by atoms with Crippen LogP contribution in [0.1, 0.15) is 5.69 Å². The standard InChI is InChI=1S/C11H8N4O3/c1-6-9(15(17)18)10-12-8-5-3-2-4-7(8)11(16)14(10)13-6/h2-5,13H,1H3. The molecule has 7 nitrogen and oxygen atoms in total. The van der Waals surface area contributed by atoms with Crippen LogP contribution in [-0.2, 0) is 0 Å². The maximum absolute atomic E-state index is 12.1. The number of aryl methyl sites for hydroxylation is 1. The second kappa shape index (κ2) is 3.39. The summed E-state index contributed by atoms with van der Waals surface area (Å²) in [5.74, 6) is 0. The summed E-state index contributed by atoms with van der Waals surface area (Å²) in [5, 5.41) is 14.1. The van der Waals surface area contributed by atoms with Gasteiger partial charge in [0.1, 0.15) is 5.69 Å². The highest BCUT2D eigenvalue weighted by molar-refractivity contribution is 5.81. The Morgan fingerprint density at radius 1 is 1.39 bits per heavy atom. The van der Waals surface area contributed by atoms with E-state index in [-0.39, 0.29) is 16.9 Å². The molecule has 3 rings (SSSR count). The third-order valence-corrected chi connectivity index (χ3v) is 2.80. The van der Waals surface area contributed by atoms with E-state index in [4.69, 9.17) is 0 Å². The molecule has 0 unspecified atom stereocenters. The fourth-order valence-corrected chi connectivity index (χ4v) is 2.00. The SMILES string of the molecule is Cc1[nH]n2c(=O)c3ccccc3nc2c1[N+](=O)[O-]. The largest absolute Gasteiger partial charge is 0.333 e. The van der Waals surface area contributed by atoms with E-state index in [0.29, 0.717) is 16.6 Å². The Morgan fingerprint density at radius 3 is 2.83 bits per heavy atom. The van der Waals surface area contributed by atoms with E-state index >= 15 is 0 Å². The Labute approximate surface area is 99.8 Å². The number of hydrogen-bond acceptors (Lipinski definition) is 4. The van der Waals surface area contributed by atoms with Crippen LogP contribution in [0, 0.1) is 17.0 Å². The minimum Gasteiger partial charge on any atom is -0.287 e. The number of benzene rings is 1. The first-order chi connectivity index (χ1) is 8.59. The number of nitrogens with zero attached hydrogens (tertiary/aromatic N) is 3. The van der Waals surface area contributed by atoms with Crippen LogP contribution >= 0.6 is 0 Å². The molecule has 1 N–H and O–H groups in total. The molecule has 2 aromatic heterocycles. The molecule has 90 valence electrons. The van der Waals surface area contributed by atoms with Gasteiger partial charge in [0.05, 0.1) is 15.8 Å². The van der Waals surface area contributed by atoms with E-state index in [9.17, 15) is 14.9 Å². The zero-order chi connectivity index (χ0) is 12.9. The smallest absolute Gasteiger partial charge is 0.287 e. The van der Waals surface area contributed by atoms with E-state index in [1.54, 1.807) is 24.3 Å². The van der Waals surface area contributed by atoms with Gasteiger partial charge in [-0.2, -0.15) is 4.52 Å². The lowest BCUT2D eigenvalue weighted by molar-refractivity contribution is -0.383. The van der Waals surface area contributed by atoms with Crippen LogP contribution in [0.5, 0.6) is 0 Å². The molecule has 0 bridgehead atoms. The zero-order valence-electron chi connectivity index (χ0n) is 9.38. The molecule has 0 aliphatic rings. The van der Waals surface area contributed by atoms with Crippen molar-refractivity contribution in [3.05, 3.63) is 50.4 Å². The summed E-state index contributed by atoms with van der Waals surface area (Å²) in [6, 6.07) is 6.75. The molecule has 0 amide bonds. The van der Waals surface area contributed by atoms with Crippen molar-refractivity contribution in [3.63, 3.8) is 0 Å². The highest BCUT2D eigenvalue weighted by Gasteiger charge is 2.22. The van der Waals surface area contributed by atoms with Crippen molar-refractivity contribution in [1.29, 1.82) is 0 Å². The fraction of sp³-hybridized carbons (Fsp3) is 0.0909. The van der Waals surface area contributed by atoms with E-state index in [2.05, 4.69) is 10.1 Å². The second-order valence-electron chi connectivity index (χ2n) is 3.94. The van der Waals surface area contributed by atoms with Crippen molar-refractivity contribution in [3.8, 4) is 0 Å². The lowest BCUT2D eigenvalue weighted by Crippen LogP contribution is -2.15. The lowest BCUT2D eigenvalue weighted by Gasteiger charge is -1.97. The normalized spacial score (nSPS) is 11.2. The van der Waals surface area contributed by atoms with E-state index < -0.39 is 4.92 Å². The Kier molecular flexibility index (Phi) is 1.97. The number of H-pyrrole nitrogens is 1. The van der Waals surface area contributed by atoms with Crippen molar-refractivity contribution >= 4 is 22.2 Å². The molecule has 0 aliphatic carbocycles. The lowest BCUT2D eigenvalue weighted by atomic mass is 10.2. The average Bonchev–Trinajstić information content (AvgIpc) is 2.66. The Morgan fingerprint density at radius 2 is 2.11 bits per heavy atom. The molecule has 0 spiro atoms. The summed E-state index contributed by atoms with van der Waals surface area (Å²) >= 11 is 0.